The molecule has 0 aliphatic rings. The molecule has 1 N–H and O–H groups in total. The number of nitrogens with one attached hydrogen (secondary N) is 1. The summed E-state index contributed by atoms with van der Waals surface area (Å²) in [4.78, 5) is 0. The molecular weight excluding hydrogens is 264 g/mol. The summed E-state index contributed by atoms with van der Waals surface area (Å²) in [5.74, 6) is 2.63. The lowest BCUT2D eigenvalue weighted by molar-refractivity contribution is 0.715. The predicted molar refractivity (Wildman–Crippen MR) is 70.0 cm³/mol. The Bertz CT molecular complexity index is 440. The van der Waals surface area contributed by atoms with E-state index < -0.39 is 0 Å². The average Bonchev–Trinajstić information content (AvgIpc) is 2.28. The van der Waals surface area contributed by atoms with Gasteiger partial charge in [0.1, 0.15) is 6.07 Å². The Kier molecular flexibility index (Phi) is 4.89. The van der Waals surface area contributed by atoms with Crippen LogP contribution in [0.25, 0.3) is 0 Å². The van der Waals surface area contributed by atoms with Gasteiger partial charge in [-0.2, -0.15) is 5.26 Å². The molecule has 0 aliphatic heterocycles. The number of terminal acetylenes is 1. The second-order valence-corrected chi connectivity index (χ2v) is 4.29. The molecule has 2 nitrogen and oxygen atoms in total. The third-order valence-electron chi connectivity index (χ3n) is 2.34. The van der Waals surface area contributed by atoms with E-state index in [9.17, 15) is 0 Å². The lowest BCUT2D eigenvalue weighted by Gasteiger charge is -2.17. The molecule has 0 heterocycles. The molecule has 0 fully saturated rings. The highest BCUT2D eigenvalue weighted by Gasteiger charge is 2.09. The highest BCUT2D eigenvalue weighted by atomic mass is 79.9. The summed E-state index contributed by atoms with van der Waals surface area (Å²) in [5.41, 5.74) is 1.46. The minimum Gasteiger partial charge on any atom is -0.380 e. The smallest absolute Gasteiger partial charge is 0.103 e. The normalized spacial score (nSPS) is 11.2. The van der Waals surface area contributed by atoms with Crippen molar-refractivity contribution in [1.29, 1.82) is 5.26 Å². The van der Waals surface area contributed by atoms with Gasteiger partial charge in [0, 0.05) is 16.9 Å². The summed E-state index contributed by atoms with van der Waals surface area (Å²) in [6, 6.07) is 8.03. The first-order chi connectivity index (χ1) is 7.72. The SMILES string of the molecule is C#CCC(CC)Nc1cccc(Br)c1C#N. The molecule has 0 radical (unpaired) electrons. The zero-order valence-corrected chi connectivity index (χ0v) is 10.7. The van der Waals surface area contributed by atoms with Crippen molar-refractivity contribution in [1.82, 2.24) is 0 Å². The van der Waals surface area contributed by atoms with Crippen LogP contribution in [0.1, 0.15) is 25.3 Å². The summed E-state index contributed by atoms with van der Waals surface area (Å²) in [5, 5.41) is 12.3. The first-order valence-electron chi connectivity index (χ1n) is 5.11. The number of anilines is 1. The lowest BCUT2D eigenvalue weighted by atomic mass is 10.1. The van der Waals surface area contributed by atoms with Gasteiger partial charge in [0.15, 0.2) is 0 Å². The first kappa shape index (κ1) is 12.6. The molecule has 0 bridgehead atoms. The molecule has 1 unspecified atom stereocenters. The summed E-state index contributed by atoms with van der Waals surface area (Å²) < 4.78 is 0.801. The molecule has 0 amide bonds. The predicted octanol–water partition coefficient (Wildman–Crippen LogP) is 3.53. The minimum atomic E-state index is 0.214. The second kappa shape index (κ2) is 6.20. The van der Waals surface area contributed by atoms with Crippen LogP contribution < -0.4 is 5.32 Å². The molecule has 1 aromatic rings. The van der Waals surface area contributed by atoms with Crippen molar-refractivity contribution < 1.29 is 0 Å². The molecule has 16 heavy (non-hydrogen) atoms. The quantitative estimate of drug-likeness (QED) is 0.854. The van der Waals surface area contributed by atoms with E-state index in [4.69, 9.17) is 11.7 Å². The second-order valence-electron chi connectivity index (χ2n) is 3.43. The standard InChI is InChI=1S/C13H13BrN2/c1-3-6-10(4-2)16-13-8-5-7-12(14)11(13)9-15/h1,5,7-8,10,16H,4,6H2,2H3. The molecule has 0 aliphatic carbocycles. The zero-order chi connectivity index (χ0) is 12.0. The lowest BCUT2D eigenvalue weighted by Crippen LogP contribution is -2.18. The van der Waals surface area contributed by atoms with Gasteiger partial charge in [-0.1, -0.05) is 13.0 Å². The van der Waals surface area contributed by atoms with Gasteiger partial charge in [0.25, 0.3) is 0 Å². The maximum Gasteiger partial charge on any atom is 0.103 e. The fourth-order valence-corrected chi connectivity index (χ4v) is 1.87. The highest BCUT2D eigenvalue weighted by molar-refractivity contribution is 9.10. The fourth-order valence-electron chi connectivity index (χ4n) is 1.42. The number of nitriles is 1. The van der Waals surface area contributed by atoms with E-state index in [1.165, 1.54) is 0 Å². The van der Waals surface area contributed by atoms with E-state index in [1.54, 1.807) is 0 Å². The largest absolute Gasteiger partial charge is 0.380 e. The monoisotopic (exact) mass is 276 g/mol. The molecule has 1 atom stereocenters. The molecule has 0 saturated carbocycles. The third kappa shape index (κ3) is 3.02. The van der Waals surface area contributed by atoms with Gasteiger partial charge >= 0.3 is 0 Å². The van der Waals surface area contributed by atoms with Gasteiger partial charge < -0.3 is 5.32 Å². The van der Waals surface area contributed by atoms with Crippen molar-refractivity contribution in [3.63, 3.8) is 0 Å². The number of rotatable bonds is 4. The Morgan fingerprint density at radius 1 is 1.56 bits per heavy atom. The number of hydrogen-bond donors (Lipinski definition) is 1. The molecule has 1 aromatic carbocycles. The van der Waals surface area contributed by atoms with Crippen molar-refractivity contribution >= 4 is 21.6 Å². The van der Waals surface area contributed by atoms with E-state index in [-0.39, 0.29) is 6.04 Å². The minimum absolute atomic E-state index is 0.214. The Morgan fingerprint density at radius 2 is 2.31 bits per heavy atom. The number of nitrogens with zero attached hydrogens (tertiary/aromatic N) is 1. The molecule has 0 aromatic heterocycles. The van der Waals surface area contributed by atoms with E-state index in [0.29, 0.717) is 12.0 Å². The van der Waals surface area contributed by atoms with Crippen molar-refractivity contribution in [2.24, 2.45) is 0 Å². The van der Waals surface area contributed by atoms with Crippen molar-refractivity contribution in [2.75, 3.05) is 5.32 Å². The van der Waals surface area contributed by atoms with Gasteiger partial charge in [-0.25, -0.2) is 0 Å². The van der Waals surface area contributed by atoms with Gasteiger partial charge in [-0.3, -0.25) is 0 Å². The summed E-state index contributed by atoms with van der Waals surface area (Å²) >= 11 is 3.36. The van der Waals surface area contributed by atoms with Gasteiger partial charge in [-0.15, -0.1) is 12.3 Å². The number of halogens is 1. The summed E-state index contributed by atoms with van der Waals surface area (Å²) in [6.45, 7) is 2.07. The van der Waals surface area contributed by atoms with Crippen LogP contribution in [-0.4, -0.2) is 6.04 Å². The zero-order valence-electron chi connectivity index (χ0n) is 9.13. The van der Waals surface area contributed by atoms with Crippen LogP contribution in [0.5, 0.6) is 0 Å². The highest BCUT2D eigenvalue weighted by Crippen LogP contribution is 2.24. The molecule has 3 heteroatoms. The average molecular weight is 277 g/mol. The van der Waals surface area contributed by atoms with E-state index in [0.717, 1.165) is 16.6 Å². The fraction of sp³-hybridized carbons (Fsp3) is 0.308. The van der Waals surface area contributed by atoms with Crippen LogP contribution >= 0.6 is 15.9 Å². The van der Waals surface area contributed by atoms with Crippen LogP contribution in [0.15, 0.2) is 22.7 Å². The molecule has 0 saturated heterocycles. The first-order valence-corrected chi connectivity index (χ1v) is 5.90. The van der Waals surface area contributed by atoms with E-state index >= 15 is 0 Å². The van der Waals surface area contributed by atoms with Gasteiger partial charge in [0.05, 0.1) is 11.3 Å². The summed E-state index contributed by atoms with van der Waals surface area (Å²) in [7, 11) is 0. The van der Waals surface area contributed by atoms with Crippen molar-refractivity contribution in [2.45, 2.75) is 25.8 Å². The van der Waals surface area contributed by atoms with Crippen LogP contribution in [0, 0.1) is 23.7 Å². The molecule has 0 spiro atoms. The number of hydrogen-bond acceptors (Lipinski definition) is 2. The van der Waals surface area contributed by atoms with Gasteiger partial charge in [-0.05, 0) is 34.5 Å². The van der Waals surface area contributed by atoms with Crippen LogP contribution in [0.4, 0.5) is 5.69 Å². The molecular formula is C13H13BrN2. The third-order valence-corrected chi connectivity index (χ3v) is 3.00. The molecule has 82 valence electrons. The van der Waals surface area contributed by atoms with Gasteiger partial charge in [0.2, 0.25) is 0 Å². The molecule has 1 rings (SSSR count). The number of benzene rings is 1. The Hall–Kier alpha value is -1.45. The van der Waals surface area contributed by atoms with Crippen molar-refractivity contribution in [3.05, 3.63) is 28.2 Å². The maximum atomic E-state index is 9.05. The Balaban J connectivity index is 2.93. The Morgan fingerprint density at radius 3 is 2.88 bits per heavy atom. The van der Waals surface area contributed by atoms with Crippen LogP contribution in [0.2, 0.25) is 0 Å². The van der Waals surface area contributed by atoms with Crippen molar-refractivity contribution in [3.8, 4) is 18.4 Å². The van der Waals surface area contributed by atoms with E-state index in [2.05, 4.69) is 40.2 Å². The Labute approximate surface area is 105 Å². The topological polar surface area (TPSA) is 35.8 Å². The summed E-state index contributed by atoms with van der Waals surface area (Å²) in [6.07, 6.45) is 6.89. The maximum absolute atomic E-state index is 9.05. The van der Waals surface area contributed by atoms with E-state index in [1.807, 2.05) is 18.2 Å². The van der Waals surface area contributed by atoms with Crippen LogP contribution in [-0.2, 0) is 0 Å². The van der Waals surface area contributed by atoms with Crippen LogP contribution in [0.3, 0.4) is 0 Å².